The zero-order valence-electron chi connectivity index (χ0n) is 12.1. The summed E-state index contributed by atoms with van der Waals surface area (Å²) in [5.41, 5.74) is 7.91. The van der Waals surface area contributed by atoms with E-state index in [2.05, 4.69) is 5.32 Å². The van der Waals surface area contributed by atoms with Gasteiger partial charge >= 0.3 is 0 Å². The molecule has 110 valence electrons. The number of rotatable bonds is 5. The van der Waals surface area contributed by atoms with Crippen molar-refractivity contribution in [2.45, 2.75) is 32.6 Å². The van der Waals surface area contributed by atoms with Crippen molar-refractivity contribution in [2.24, 2.45) is 11.8 Å². The Bertz CT molecular complexity index is 474. The molecule has 1 aromatic rings. The summed E-state index contributed by atoms with van der Waals surface area (Å²) < 4.78 is 0. The van der Waals surface area contributed by atoms with E-state index in [1.54, 1.807) is 6.07 Å². The summed E-state index contributed by atoms with van der Waals surface area (Å²) in [5, 5.41) is 12.8. The fourth-order valence-corrected chi connectivity index (χ4v) is 3.04. The maximum absolute atomic E-state index is 11.3. The zero-order valence-corrected chi connectivity index (χ0v) is 12.1. The van der Waals surface area contributed by atoms with Gasteiger partial charge in [-0.3, -0.25) is 4.79 Å². The van der Waals surface area contributed by atoms with E-state index in [0.29, 0.717) is 23.1 Å². The molecule has 4 nitrogen and oxygen atoms in total. The van der Waals surface area contributed by atoms with Gasteiger partial charge in [0.2, 0.25) is 0 Å². The number of nitrogens with one attached hydrogen (secondary N) is 1. The van der Waals surface area contributed by atoms with Crippen LogP contribution in [0.4, 0.5) is 11.4 Å². The Hall–Kier alpha value is -1.55. The van der Waals surface area contributed by atoms with Crippen LogP contribution in [0.5, 0.6) is 0 Å². The first-order chi connectivity index (χ1) is 9.61. The highest BCUT2D eigenvalue weighted by atomic mass is 16.3. The van der Waals surface area contributed by atoms with Crippen LogP contribution in [0.25, 0.3) is 0 Å². The number of nitrogen functional groups attached to an aromatic ring is 1. The molecule has 0 bridgehead atoms. The molecule has 0 saturated heterocycles. The van der Waals surface area contributed by atoms with Crippen LogP contribution < -0.4 is 11.1 Å². The highest BCUT2D eigenvalue weighted by Crippen LogP contribution is 2.30. The van der Waals surface area contributed by atoms with Crippen LogP contribution in [0, 0.1) is 11.8 Å². The lowest BCUT2D eigenvalue weighted by Gasteiger charge is -2.30. The van der Waals surface area contributed by atoms with E-state index in [1.807, 2.05) is 12.1 Å². The summed E-state index contributed by atoms with van der Waals surface area (Å²) in [4.78, 5) is 11.3. The Morgan fingerprint density at radius 3 is 2.65 bits per heavy atom. The van der Waals surface area contributed by atoms with Crippen molar-refractivity contribution in [1.29, 1.82) is 0 Å². The molecule has 20 heavy (non-hydrogen) atoms. The first kappa shape index (κ1) is 14.9. The highest BCUT2D eigenvalue weighted by Gasteiger charge is 2.24. The lowest BCUT2D eigenvalue weighted by atomic mass is 9.79. The minimum absolute atomic E-state index is 0.0123. The number of anilines is 2. The van der Waals surface area contributed by atoms with E-state index in [1.165, 1.54) is 26.2 Å². The minimum Gasteiger partial charge on any atom is -0.398 e. The average Bonchev–Trinajstić information content (AvgIpc) is 2.45. The van der Waals surface area contributed by atoms with Crippen LogP contribution in [-0.2, 0) is 0 Å². The van der Waals surface area contributed by atoms with E-state index >= 15 is 0 Å². The number of aliphatic hydroxyl groups is 1. The molecule has 0 amide bonds. The summed E-state index contributed by atoms with van der Waals surface area (Å²) in [6, 6.07) is 5.47. The predicted molar refractivity (Wildman–Crippen MR) is 81.9 cm³/mol. The molecule has 2 atom stereocenters. The number of carbonyl (C=O) groups excluding carboxylic acids is 1. The van der Waals surface area contributed by atoms with Gasteiger partial charge in [0, 0.05) is 30.1 Å². The van der Waals surface area contributed by atoms with Gasteiger partial charge in [-0.15, -0.1) is 0 Å². The van der Waals surface area contributed by atoms with Crippen LogP contribution in [0.3, 0.4) is 0 Å². The van der Waals surface area contributed by atoms with Crippen molar-refractivity contribution >= 4 is 17.2 Å². The van der Waals surface area contributed by atoms with Gasteiger partial charge in [0.25, 0.3) is 0 Å². The van der Waals surface area contributed by atoms with E-state index in [4.69, 9.17) is 5.73 Å². The maximum Gasteiger partial charge on any atom is 0.161 e. The largest absolute Gasteiger partial charge is 0.398 e. The maximum atomic E-state index is 11.3. The first-order valence-electron chi connectivity index (χ1n) is 7.37. The molecule has 2 rings (SSSR count). The van der Waals surface area contributed by atoms with Crippen molar-refractivity contribution in [3.63, 3.8) is 0 Å². The van der Waals surface area contributed by atoms with Crippen molar-refractivity contribution in [3.05, 3.63) is 23.8 Å². The number of carbonyl (C=O) groups is 1. The number of aliphatic hydroxyl groups excluding tert-OH is 1. The van der Waals surface area contributed by atoms with Crippen LogP contribution in [-0.4, -0.2) is 24.0 Å². The third-order valence-corrected chi connectivity index (χ3v) is 4.30. The van der Waals surface area contributed by atoms with Crippen LogP contribution in [0.1, 0.15) is 43.0 Å². The van der Waals surface area contributed by atoms with Gasteiger partial charge in [0.05, 0.1) is 0 Å². The number of nitrogens with two attached hydrogens (primary N) is 1. The molecule has 4 heteroatoms. The van der Waals surface area contributed by atoms with Gasteiger partial charge in [-0.1, -0.05) is 12.8 Å². The van der Waals surface area contributed by atoms with Gasteiger partial charge in [0.15, 0.2) is 5.78 Å². The third kappa shape index (κ3) is 3.51. The summed E-state index contributed by atoms with van der Waals surface area (Å²) in [6.07, 6.45) is 4.75. The molecular weight excluding hydrogens is 252 g/mol. The Balaban J connectivity index is 1.96. The van der Waals surface area contributed by atoms with E-state index in [-0.39, 0.29) is 12.4 Å². The first-order valence-corrected chi connectivity index (χ1v) is 7.37. The number of Topliss-reactive ketones (excluding diaryl/α,β-unsaturated/α-hetero) is 1. The second-order valence-electron chi connectivity index (χ2n) is 5.73. The van der Waals surface area contributed by atoms with Gasteiger partial charge < -0.3 is 16.2 Å². The van der Waals surface area contributed by atoms with E-state index in [0.717, 1.165) is 18.7 Å². The number of ketones is 1. The molecule has 0 aromatic heterocycles. The van der Waals surface area contributed by atoms with E-state index in [9.17, 15) is 9.90 Å². The second kappa shape index (κ2) is 6.75. The fraction of sp³-hybridized carbons (Fsp3) is 0.562. The molecule has 1 saturated carbocycles. The monoisotopic (exact) mass is 276 g/mol. The number of hydrogen-bond acceptors (Lipinski definition) is 4. The molecule has 0 radical (unpaired) electrons. The molecule has 4 N–H and O–H groups in total. The van der Waals surface area contributed by atoms with Crippen molar-refractivity contribution in [3.8, 4) is 0 Å². The van der Waals surface area contributed by atoms with Gasteiger partial charge in [-0.25, -0.2) is 0 Å². The van der Waals surface area contributed by atoms with Gasteiger partial charge in [-0.05, 0) is 49.8 Å². The standard InChI is InChI=1S/C16H24N2O2/c1-11(20)15-7-6-14(8-16(15)17)18-9-12-4-2-3-5-13(12)10-19/h6-8,12-13,18-19H,2-5,9-10,17H2,1H3. The van der Waals surface area contributed by atoms with Crippen LogP contribution in [0.15, 0.2) is 18.2 Å². The van der Waals surface area contributed by atoms with Crippen molar-refractivity contribution < 1.29 is 9.90 Å². The van der Waals surface area contributed by atoms with Gasteiger partial charge in [0.1, 0.15) is 0 Å². The molecule has 2 unspecified atom stereocenters. The smallest absolute Gasteiger partial charge is 0.161 e. The molecule has 1 fully saturated rings. The van der Waals surface area contributed by atoms with Crippen LogP contribution in [0.2, 0.25) is 0 Å². The Morgan fingerprint density at radius 1 is 1.35 bits per heavy atom. The SMILES string of the molecule is CC(=O)c1ccc(NCC2CCCCC2CO)cc1N. The number of benzene rings is 1. The van der Waals surface area contributed by atoms with Crippen molar-refractivity contribution in [1.82, 2.24) is 0 Å². The zero-order chi connectivity index (χ0) is 14.5. The highest BCUT2D eigenvalue weighted by molar-refractivity contribution is 5.99. The topological polar surface area (TPSA) is 75.3 Å². The average molecular weight is 276 g/mol. The Morgan fingerprint density at radius 2 is 2.05 bits per heavy atom. The Labute approximate surface area is 120 Å². The summed E-state index contributed by atoms with van der Waals surface area (Å²) in [7, 11) is 0. The van der Waals surface area contributed by atoms with Crippen molar-refractivity contribution in [2.75, 3.05) is 24.2 Å². The molecular formula is C16H24N2O2. The minimum atomic E-state index is -0.0123. The van der Waals surface area contributed by atoms with Gasteiger partial charge in [-0.2, -0.15) is 0 Å². The van der Waals surface area contributed by atoms with Crippen LogP contribution >= 0.6 is 0 Å². The third-order valence-electron chi connectivity index (χ3n) is 4.30. The summed E-state index contributed by atoms with van der Waals surface area (Å²) in [6.45, 7) is 2.65. The molecule has 1 aliphatic rings. The molecule has 0 spiro atoms. The summed E-state index contributed by atoms with van der Waals surface area (Å²) >= 11 is 0. The quantitative estimate of drug-likeness (QED) is 0.571. The normalized spacial score (nSPS) is 22.5. The second-order valence-corrected chi connectivity index (χ2v) is 5.73. The molecule has 0 heterocycles. The fourth-order valence-electron chi connectivity index (χ4n) is 3.04. The predicted octanol–water partition coefficient (Wildman–Crippen LogP) is 2.68. The summed E-state index contributed by atoms with van der Waals surface area (Å²) in [5.74, 6) is 0.911. The Kier molecular flexibility index (Phi) is 5.01. The molecule has 1 aliphatic carbocycles. The molecule has 1 aromatic carbocycles. The lowest BCUT2D eigenvalue weighted by molar-refractivity contribution is 0.101. The van der Waals surface area contributed by atoms with E-state index < -0.39 is 0 Å². The number of hydrogen-bond donors (Lipinski definition) is 3. The lowest BCUT2D eigenvalue weighted by Crippen LogP contribution is -2.28. The molecule has 0 aliphatic heterocycles.